The zero-order valence-corrected chi connectivity index (χ0v) is 19.1. The lowest BCUT2D eigenvalue weighted by Crippen LogP contribution is -2.34. The number of anilines is 3. The van der Waals surface area contributed by atoms with Crippen LogP contribution in [0, 0.1) is 5.82 Å². The highest BCUT2D eigenvalue weighted by Gasteiger charge is 2.33. The van der Waals surface area contributed by atoms with Gasteiger partial charge < -0.3 is 25.7 Å². The van der Waals surface area contributed by atoms with Crippen molar-refractivity contribution in [3.05, 3.63) is 59.7 Å². The maximum atomic E-state index is 14.5. The number of methoxy groups -OCH3 is 1. The van der Waals surface area contributed by atoms with E-state index in [1.807, 2.05) is 6.07 Å². The molecule has 4 bridgehead atoms. The van der Waals surface area contributed by atoms with Crippen molar-refractivity contribution in [1.29, 1.82) is 0 Å². The van der Waals surface area contributed by atoms with Crippen LogP contribution in [-0.4, -0.2) is 41.1 Å². The number of aromatic amines is 1. The third kappa shape index (κ3) is 3.29. The Balaban J connectivity index is 1.63. The molecule has 8 nitrogen and oxygen atoms in total. The number of fused-ring (bicyclic) bond motifs is 3. The van der Waals surface area contributed by atoms with E-state index >= 15 is 0 Å². The van der Waals surface area contributed by atoms with E-state index in [-0.39, 0.29) is 17.6 Å². The van der Waals surface area contributed by atoms with E-state index in [4.69, 9.17) is 9.72 Å². The molecule has 10 heteroatoms. The molecule has 0 fully saturated rings. The molecule has 0 radical (unpaired) electrons. The number of benzene rings is 1. The predicted molar refractivity (Wildman–Crippen MR) is 131 cm³/mol. The number of para-hydroxylation sites is 1. The Bertz CT molecular complexity index is 1460. The largest absolute Gasteiger partial charge is 0.492 e. The van der Waals surface area contributed by atoms with Crippen LogP contribution < -0.4 is 20.7 Å². The summed E-state index contributed by atoms with van der Waals surface area (Å²) in [6, 6.07) is 6.53. The van der Waals surface area contributed by atoms with Crippen LogP contribution in [0.1, 0.15) is 28.4 Å². The lowest BCUT2D eigenvalue weighted by molar-refractivity contribution is 0.0941. The number of allylic oxidation sites excluding steroid dienone is 1. The molecule has 1 aromatic carbocycles. The first-order chi connectivity index (χ1) is 16.6. The third-order valence-corrected chi connectivity index (χ3v) is 7.05. The summed E-state index contributed by atoms with van der Waals surface area (Å²) < 4.78 is 19.8. The van der Waals surface area contributed by atoms with Crippen LogP contribution in [0.5, 0.6) is 5.75 Å². The SMILES string of the molecule is COc1c(F)cccc1Nc1c2[nH]c3c1C(=O)NC[C@H]3C/C=C/CNc1nc3c-2ccnc3s1. The highest BCUT2D eigenvalue weighted by molar-refractivity contribution is 7.21. The molecule has 2 aliphatic heterocycles. The summed E-state index contributed by atoms with van der Waals surface area (Å²) in [5.41, 5.74) is 4.56. The first-order valence-corrected chi connectivity index (χ1v) is 11.7. The summed E-state index contributed by atoms with van der Waals surface area (Å²) in [5, 5.41) is 10.4. The van der Waals surface area contributed by atoms with Gasteiger partial charge in [-0.15, -0.1) is 0 Å². The molecule has 5 heterocycles. The number of nitrogens with zero attached hydrogens (tertiary/aromatic N) is 2. The van der Waals surface area contributed by atoms with Gasteiger partial charge in [0.2, 0.25) is 0 Å². The Kier molecular flexibility index (Phi) is 4.95. The van der Waals surface area contributed by atoms with Crippen LogP contribution in [0.15, 0.2) is 42.6 Å². The predicted octanol–water partition coefficient (Wildman–Crippen LogP) is 4.78. The number of pyridine rings is 1. The lowest BCUT2D eigenvalue weighted by atomic mass is 9.93. The topological polar surface area (TPSA) is 104 Å². The third-order valence-electron chi connectivity index (χ3n) is 6.13. The monoisotopic (exact) mass is 476 g/mol. The van der Waals surface area contributed by atoms with Crippen LogP contribution in [-0.2, 0) is 0 Å². The van der Waals surface area contributed by atoms with Crippen molar-refractivity contribution in [2.24, 2.45) is 0 Å². The van der Waals surface area contributed by atoms with Crippen molar-refractivity contribution in [1.82, 2.24) is 20.3 Å². The Labute approximate surface area is 198 Å². The second-order valence-corrected chi connectivity index (χ2v) is 9.11. The van der Waals surface area contributed by atoms with E-state index in [9.17, 15) is 9.18 Å². The van der Waals surface area contributed by atoms with Gasteiger partial charge in [0, 0.05) is 36.5 Å². The van der Waals surface area contributed by atoms with Gasteiger partial charge in [0.05, 0.1) is 29.7 Å². The van der Waals surface area contributed by atoms with Gasteiger partial charge in [-0.05, 0) is 24.6 Å². The molecule has 0 spiro atoms. The molecule has 172 valence electrons. The molecule has 34 heavy (non-hydrogen) atoms. The molecule has 2 aliphatic rings. The number of amides is 1. The van der Waals surface area contributed by atoms with Crippen molar-refractivity contribution in [3.8, 4) is 17.0 Å². The Hall–Kier alpha value is -3.92. The minimum Gasteiger partial charge on any atom is -0.492 e. The van der Waals surface area contributed by atoms with E-state index in [1.165, 1.54) is 24.5 Å². The quantitative estimate of drug-likeness (QED) is 0.318. The van der Waals surface area contributed by atoms with E-state index < -0.39 is 5.82 Å². The van der Waals surface area contributed by atoms with Gasteiger partial charge in [-0.3, -0.25) is 4.79 Å². The standard InChI is InChI=1S/C24H21FN6O2S/c1-33-21-14(25)6-4-7-15(21)29-20-16-17-12(11-28-22(16)32)5-2-3-9-27-24-31-19-13(18(20)30-17)8-10-26-23(19)34-24/h2-4,6-8,10,12,29-30H,5,9,11H2,1H3,(H,27,31)(H,28,32)/b3-2+/t12-/m1/s1. The van der Waals surface area contributed by atoms with Gasteiger partial charge >= 0.3 is 0 Å². The first-order valence-electron chi connectivity index (χ1n) is 10.9. The maximum absolute atomic E-state index is 14.5. The van der Waals surface area contributed by atoms with E-state index in [0.29, 0.717) is 35.7 Å². The van der Waals surface area contributed by atoms with Crippen LogP contribution in [0.3, 0.4) is 0 Å². The maximum Gasteiger partial charge on any atom is 0.255 e. The van der Waals surface area contributed by atoms with Gasteiger partial charge in [0.1, 0.15) is 10.3 Å². The van der Waals surface area contributed by atoms with Gasteiger partial charge in [-0.25, -0.2) is 14.4 Å². The van der Waals surface area contributed by atoms with Crippen molar-refractivity contribution in [2.45, 2.75) is 12.3 Å². The van der Waals surface area contributed by atoms with Crippen LogP contribution in [0.4, 0.5) is 20.9 Å². The van der Waals surface area contributed by atoms with Gasteiger partial charge in [-0.1, -0.05) is 29.6 Å². The van der Waals surface area contributed by atoms with Gasteiger partial charge in [0.15, 0.2) is 16.7 Å². The average Bonchev–Trinajstić information content (AvgIpc) is 3.42. The number of H-pyrrole nitrogens is 1. The molecular formula is C24H21FN6O2S. The van der Waals surface area contributed by atoms with Crippen molar-refractivity contribution in [2.75, 3.05) is 30.8 Å². The molecule has 6 rings (SSSR count). The van der Waals surface area contributed by atoms with Crippen LogP contribution >= 0.6 is 11.3 Å². The molecule has 0 saturated carbocycles. The fourth-order valence-corrected chi connectivity index (χ4v) is 5.39. The molecule has 1 amide bonds. The number of halogens is 1. The first kappa shape index (κ1) is 20.7. The molecule has 1 atom stereocenters. The minimum absolute atomic E-state index is 0.0656. The number of ether oxygens (including phenoxy) is 1. The number of hydrogen-bond acceptors (Lipinski definition) is 7. The zero-order chi connectivity index (χ0) is 23.2. The number of carbonyl (C=O) groups excluding carboxylic acids is 1. The molecule has 4 N–H and O–H groups in total. The van der Waals surface area contributed by atoms with Gasteiger partial charge in [-0.2, -0.15) is 0 Å². The highest BCUT2D eigenvalue weighted by Crippen LogP contribution is 2.44. The Morgan fingerprint density at radius 3 is 3.03 bits per heavy atom. The van der Waals surface area contributed by atoms with E-state index in [0.717, 1.165) is 33.2 Å². The van der Waals surface area contributed by atoms with Crippen molar-refractivity contribution in [3.63, 3.8) is 0 Å². The summed E-state index contributed by atoms with van der Waals surface area (Å²) in [5.74, 6) is -0.535. The number of aromatic nitrogens is 3. The Morgan fingerprint density at radius 2 is 2.15 bits per heavy atom. The molecule has 0 saturated heterocycles. The fraction of sp³-hybridized carbons (Fsp3) is 0.208. The van der Waals surface area contributed by atoms with Crippen molar-refractivity contribution < 1.29 is 13.9 Å². The van der Waals surface area contributed by atoms with Crippen molar-refractivity contribution >= 4 is 44.1 Å². The number of rotatable bonds is 3. The lowest BCUT2D eigenvalue weighted by Gasteiger charge is -2.23. The summed E-state index contributed by atoms with van der Waals surface area (Å²) >= 11 is 1.47. The molecular weight excluding hydrogens is 455 g/mol. The average molecular weight is 477 g/mol. The summed E-state index contributed by atoms with van der Waals surface area (Å²) in [6.45, 7) is 1.18. The normalized spacial score (nSPS) is 17.8. The second kappa shape index (κ2) is 8.14. The zero-order valence-electron chi connectivity index (χ0n) is 18.2. The molecule has 0 unspecified atom stereocenters. The van der Waals surface area contributed by atoms with Gasteiger partial charge in [0.25, 0.3) is 5.91 Å². The van der Waals surface area contributed by atoms with Crippen LogP contribution in [0.25, 0.3) is 21.6 Å². The molecule has 3 aromatic heterocycles. The minimum atomic E-state index is -0.491. The summed E-state index contributed by atoms with van der Waals surface area (Å²) in [4.78, 5) is 26.7. The summed E-state index contributed by atoms with van der Waals surface area (Å²) in [7, 11) is 1.42. The fourth-order valence-electron chi connectivity index (χ4n) is 4.55. The number of hydrogen-bond donors (Lipinski definition) is 4. The number of carbonyl (C=O) groups is 1. The number of nitrogens with one attached hydrogen (secondary N) is 4. The molecule has 4 aromatic rings. The number of thiazole rings is 1. The molecule has 0 aliphatic carbocycles. The van der Waals surface area contributed by atoms with E-state index in [2.05, 4.69) is 38.1 Å². The smallest absolute Gasteiger partial charge is 0.255 e. The Morgan fingerprint density at radius 1 is 1.24 bits per heavy atom. The second-order valence-electron chi connectivity index (χ2n) is 8.14. The van der Waals surface area contributed by atoms with Crippen LogP contribution in [0.2, 0.25) is 0 Å². The van der Waals surface area contributed by atoms with E-state index in [1.54, 1.807) is 18.3 Å². The summed E-state index contributed by atoms with van der Waals surface area (Å²) in [6.07, 6.45) is 6.66. The highest BCUT2D eigenvalue weighted by atomic mass is 32.1.